The molecule has 1 aromatic carbocycles. The fourth-order valence-corrected chi connectivity index (χ4v) is 3.30. The first-order valence-corrected chi connectivity index (χ1v) is 7.33. The maximum absolute atomic E-state index is 12.9. The van der Waals surface area contributed by atoms with Gasteiger partial charge in [-0.25, -0.2) is 4.79 Å². The Balaban J connectivity index is 1.92. The van der Waals surface area contributed by atoms with Crippen LogP contribution in [0.1, 0.15) is 24.5 Å². The number of fused-ring (bicyclic) bond motifs is 1. The Bertz CT molecular complexity index is 579. The molecule has 0 saturated carbocycles. The van der Waals surface area contributed by atoms with Gasteiger partial charge in [-0.3, -0.25) is 4.79 Å². The minimum atomic E-state index is -0.924. The number of carboxylic acid groups (broad SMARTS) is 1. The molecule has 5 nitrogen and oxygen atoms in total. The van der Waals surface area contributed by atoms with Crippen molar-refractivity contribution in [1.29, 1.82) is 0 Å². The maximum atomic E-state index is 12.9. The molecule has 2 unspecified atom stereocenters. The monoisotopic (exact) mass is 288 g/mol. The number of hydrogen-bond donors (Lipinski definition) is 2. The van der Waals surface area contributed by atoms with E-state index in [1.807, 2.05) is 31.2 Å². The maximum Gasteiger partial charge on any atom is 0.326 e. The lowest BCUT2D eigenvalue weighted by Gasteiger charge is -2.38. The summed E-state index contributed by atoms with van der Waals surface area (Å²) in [4.78, 5) is 26.0. The Kier molecular flexibility index (Phi) is 3.45. The molecule has 0 bridgehead atoms. The molecule has 21 heavy (non-hydrogen) atoms. The average Bonchev–Trinajstić information content (AvgIpc) is 2.93. The summed E-state index contributed by atoms with van der Waals surface area (Å²) in [6.07, 6.45) is 1.15. The molecule has 3 rings (SSSR count). The molecule has 112 valence electrons. The summed E-state index contributed by atoms with van der Waals surface area (Å²) >= 11 is 0. The zero-order valence-corrected chi connectivity index (χ0v) is 12.1. The van der Waals surface area contributed by atoms with Crippen molar-refractivity contribution in [3.63, 3.8) is 0 Å². The van der Waals surface area contributed by atoms with Gasteiger partial charge in [0.2, 0.25) is 5.91 Å². The van der Waals surface area contributed by atoms with Crippen LogP contribution in [0.5, 0.6) is 0 Å². The molecule has 1 aromatic rings. The van der Waals surface area contributed by atoms with Crippen molar-refractivity contribution in [3.8, 4) is 0 Å². The highest BCUT2D eigenvalue weighted by Gasteiger charge is 2.44. The number of benzene rings is 1. The molecule has 2 aliphatic rings. The van der Waals surface area contributed by atoms with E-state index in [0.29, 0.717) is 19.5 Å². The van der Waals surface area contributed by atoms with Gasteiger partial charge in [-0.2, -0.15) is 0 Å². The van der Waals surface area contributed by atoms with Gasteiger partial charge in [0, 0.05) is 19.5 Å². The second-order valence-electron chi connectivity index (χ2n) is 6.25. The van der Waals surface area contributed by atoms with Crippen LogP contribution < -0.4 is 5.32 Å². The zero-order chi connectivity index (χ0) is 15.0. The first kappa shape index (κ1) is 14.1. The van der Waals surface area contributed by atoms with E-state index in [4.69, 9.17) is 0 Å². The van der Waals surface area contributed by atoms with Gasteiger partial charge >= 0.3 is 5.97 Å². The van der Waals surface area contributed by atoms with E-state index in [1.54, 1.807) is 4.90 Å². The molecule has 0 aliphatic carbocycles. The number of carbonyl (C=O) groups is 2. The van der Waals surface area contributed by atoms with Crippen molar-refractivity contribution in [2.24, 2.45) is 5.41 Å². The molecule has 0 spiro atoms. The number of nitrogens with zero attached hydrogens (tertiary/aromatic N) is 1. The normalized spacial score (nSPS) is 28.2. The third-order valence-corrected chi connectivity index (χ3v) is 4.68. The second-order valence-corrected chi connectivity index (χ2v) is 6.25. The van der Waals surface area contributed by atoms with Crippen molar-refractivity contribution >= 4 is 11.9 Å². The van der Waals surface area contributed by atoms with Gasteiger partial charge in [0.1, 0.15) is 6.04 Å². The molecule has 1 amide bonds. The Morgan fingerprint density at radius 1 is 1.33 bits per heavy atom. The van der Waals surface area contributed by atoms with Crippen molar-refractivity contribution in [2.45, 2.75) is 32.4 Å². The molecule has 2 aliphatic heterocycles. The highest BCUT2D eigenvalue weighted by Crippen LogP contribution is 2.32. The van der Waals surface area contributed by atoms with Gasteiger partial charge in [0.05, 0.1) is 5.41 Å². The quantitative estimate of drug-likeness (QED) is 0.852. The molecule has 1 fully saturated rings. The third-order valence-electron chi connectivity index (χ3n) is 4.68. The lowest BCUT2D eigenvalue weighted by atomic mass is 9.85. The molecular formula is C16H20N2O3. The standard InChI is InChI=1S/C16H20N2O3/c1-16(6-7-17-10-16)15(21)18-9-12-5-3-2-4-11(12)8-13(18)14(19)20/h2-5,13,17H,6-10H2,1H3,(H,19,20). The van der Waals surface area contributed by atoms with Crippen LogP contribution in [0.15, 0.2) is 24.3 Å². The van der Waals surface area contributed by atoms with Crippen molar-refractivity contribution in [1.82, 2.24) is 10.2 Å². The number of aliphatic carboxylic acids is 1. The molecule has 5 heteroatoms. The highest BCUT2D eigenvalue weighted by molar-refractivity contribution is 5.88. The van der Waals surface area contributed by atoms with E-state index < -0.39 is 17.4 Å². The second kappa shape index (κ2) is 5.15. The largest absolute Gasteiger partial charge is 0.480 e. The molecule has 0 aromatic heterocycles. The van der Waals surface area contributed by atoms with E-state index in [-0.39, 0.29) is 5.91 Å². The predicted octanol–water partition coefficient (Wildman–Crippen LogP) is 1.02. The molecular weight excluding hydrogens is 268 g/mol. The van der Waals surface area contributed by atoms with Crippen LogP contribution in [0.3, 0.4) is 0 Å². The van der Waals surface area contributed by atoms with Crippen LogP contribution in [-0.2, 0) is 22.6 Å². The van der Waals surface area contributed by atoms with Crippen LogP contribution in [0.4, 0.5) is 0 Å². The summed E-state index contributed by atoms with van der Waals surface area (Å²) in [6, 6.07) is 7.01. The summed E-state index contributed by atoms with van der Waals surface area (Å²) in [5.41, 5.74) is 1.60. The van der Waals surface area contributed by atoms with Crippen LogP contribution in [0.25, 0.3) is 0 Å². The van der Waals surface area contributed by atoms with Gasteiger partial charge in [-0.05, 0) is 31.0 Å². The van der Waals surface area contributed by atoms with E-state index in [9.17, 15) is 14.7 Å². The lowest BCUT2D eigenvalue weighted by molar-refractivity contribution is -0.155. The minimum absolute atomic E-state index is 0.0468. The number of amides is 1. The Hall–Kier alpha value is -1.88. The summed E-state index contributed by atoms with van der Waals surface area (Å²) in [6.45, 7) is 3.75. The molecule has 0 radical (unpaired) electrons. The Labute approximate surface area is 123 Å². The first-order chi connectivity index (χ1) is 10.0. The predicted molar refractivity (Wildman–Crippen MR) is 77.7 cm³/mol. The van der Waals surface area contributed by atoms with Gasteiger partial charge in [0.15, 0.2) is 0 Å². The van der Waals surface area contributed by atoms with Crippen LogP contribution >= 0.6 is 0 Å². The molecule has 2 N–H and O–H groups in total. The smallest absolute Gasteiger partial charge is 0.326 e. The van der Waals surface area contributed by atoms with Crippen LogP contribution in [0.2, 0.25) is 0 Å². The van der Waals surface area contributed by atoms with E-state index >= 15 is 0 Å². The Morgan fingerprint density at radius 3 is 2.67 bits per heavy atom. The van der Waals surface area contributed by atoms with Crippen LogP contribution in [-0.4, -0.2) is 41.0 Å². The van der Waals surface area contributed by atoms with Gasteiger partial charge in [0.25, 0.3) is 0 Å². The van der Waals surface area contributed by atoms with Crippen molar-refractivity contribution in [3.05, 3.63) is 35.4 Å². The lowest BCUT2D eigenvalue weighted by Crippen LogP contribution is -2.53. The average molecular weight is 288 g/mol. The van der Waals surface area contributed by atoms with E-state index in [2.05, 4.69) is 5.32 Å². The van der Waals surface area contributed by atoms with E-state index in [0.717, 1.165) is 24.1 Å². The highest BCUT2D eigenvalue weighted by atomic mass is 16.4. The number of nitrogens with one attached hydrogen (secondary N) is 1. The van der Waals surface area contributed by atoms with E-state index in [1.165, 1.54) is 0 Å². The number of rotatable bonds is 2. The fraction of sp³-hybridized carbons (Fsp3) is 0.500. The third kappa shape index (κ3) is 2.42. The SMILES string of the molecule is CC1(C(=O)N2Cc3ccccc3CC2C(=O)O)CCNC1. The number of hydrogen-bond acceptors (Lipinski definition) is 3. The summed E-state index contributed by atoms with van der Waals surface area (Å²) in [5, 5.41) is 12.7. The number of carbonyl (C=O) groups excluding carboxylic acids is 1. The van der Waals surface area contributed by atoms with Gasteiger partial charge in [-0.1, -0.05) is 24.3 Å². The molecule has 2 atom stereocenters. The molecule has 1 saturated heterocycles. The van der Waals surface area contributed by atoms with Crippen molar-refractivity contribution in [2.75, 3.05) is 13.1 Å². The van der Waals surface area contributed by atoms with Crippen LogP contribution in [0, 0.1) is 5.41 Å². The van der Waals surface area contributed by atoms with Gasteiger partial charge in [-0.15, -0.1) is 0 Å². The fourth-order valence-electron chi connectivity index (χ4n) is 3.30. The summed E-state index contributed by atoms with van der Waals surface area (Å²) < 4.78 is 0. The van der Waals surface area contributed by atoms with Crippen molar-refractivity contribution < 1.29 is 14.7 Å². The minimum Gasteiger partial charge on any atom is -0.480 e. The molecule has 2 heterocycles. The Morgan fingerprint density at radius 2 is 2.05 bits per heavy atom. The summed E-state index contributed by atoms with van der Waals surface area (Å²) in [5.74, 6) is -0.971. The topological polar surface area (TPSA) is 69.6 Å². The van der Waals surface area contributed by atoms with Gasteiger partial charge < -0.3 is 15.3 Å². The zero-order valence-electron chi connectivity index (χ0n) is 12.1. The first-order valence-electron chi connectivity index (χ1n) is 7.33. The summed E-state index contributed by atoms with van der Waals surface area (Å²) in [7, 11) is 0. The number of carboxylic acids is 1.